The molecule has 160 valence electrons. The Balaban J connectivity index is 1.35. The van der Waals surface area contributed by atoms with Gasteiger partial charge in [0.05, 0.1) is 12.2 Å². The van der Waals surface area contributed by atoms with Crippen LogP contribution in [0.1, 0.15) is 35.8 Å². The first-order valence-corrected chi connectivity index (χ1v) is 10.8. The minimum atomic E-state index is -0.148. The molecule has 2 aromatic heterocycles. The summed E-state index contributed by atoms with van der Waals surface area (Å²) in [7, 11) is 0. The SMILES string of the molecule is CC1CCN(c2ncccc2C(=O)Nc2ccc(OCCc3ccccn3)cc2)CC1. The third-order valence-electron chi connectivity index (χ3n) is 5.58. The highest BCUT2D eigenvalue weighted by Crippen LogP contribution is 2.25. The van der Waals surface area contributed by atoms with Crippen LogP contribution >= 0.6 is 0 Å². The van der Waals surface area contributed by atoms with Crippen LogP contribution in [0.15, 0.2) is 67.0 Å². The number of rotatable bonds is 7. The quantitative estimate of drug-likeness (QED) is 0.610. The highest BCUT2D eigenvalue weighted by molar-refractivity contribution is 6.07. The van der Waals surface area contributed by atoms with E-state index in [2.05, 4.69) is 27.1 Å². The Bertz CT molecular complexity index is 984. The summed E-state index contributed by atoms with van der Waals surface area (Å²) >= 11 is 0. The van der Waals surface area contributed by atoms with Gasteiger partial charge in [0.25, 0.3) is 5.91 Å². The fraction of sp³-hybridized carbons (Fsp3) is 0.320. The number of benzene rings is 1. The van der Waals surface area contributed by atoms with Crippen LogP contribution in [0.25, 0.3) is 0 Å². The summed E-state index contributed by atoms with van der Waals surface area (Å²) in [6.07, 6.45) is 6.53. The number of carbonyl (C=O) groups excluding carboxylic acids is 1. The summed E-state index contributed by atoms with van der Waals surface area (Å²) in [5.41, 5.74) is 2.33. The van der Waals surface area contributed by atoms with Crippen LogP contribution in [0.4, 0.5) is 11.5 Å². The topological polar surface area (TPSA) is 67.4 Å². The minimum absolute atomic E-state index is 0.148. The van der Waals surface area contributed by atoms with Gasteiger partial charge in [-0.25, -0.2) is 4.98 Å². The third-order valence-corrected chi connectivity index (χ3v) is 5.58. The smallest absolute Gasteiger partial charge is 0.259 e. The Labute approximate surface area is 183 Å². The van der Waals surface area contributed by atoms with E-state index < -0.39 is 0 Å². The van der Waals surface area contributed by atoms with E-state index in [0.29, 0.717) is 12.2 Å². The van der Waals surface area contributed by atoms with Crippen molar-refractivity contribution in [2.24, 2.45) is 5.92 Å². The molecule has 1 aliphatic heterocycles. The average Bonchev–Trinajstić information content (AvgIpc) is 2.81. The molecule has 31 heavy (non-hydrogen) atoms. The molecule has 1 aromatic carbocycles. The fourth-order valence-corrected chi connectivity index (χ4v) is 3.70. The molecule has 6 heteroatoms. The monoisotopic (exact) mass is 416 g/mol. The Hall–Kier alpha value is -3.41. The van der Waals surface area contributed by atoms with Gasteiger partial charge in [0.1, 0.15) is 11.6 Å². The standard InChI is InChI=1S/C25H28N4O2/c1-19-11-16-29(17-12-19)24-23(6-4-15-27-24)25(30)28-21-7-9-22(10-8-21)31-18-13-20-5-2-3-14-26-20/h2-10,14-15,19H,11-13,16-18H2,1H3,(H,28,30). The van der Waals surface area contributed by atoms with Crippen LogP contribution in [0.5, 0.6) is 5.75 Å². The van der Waals surface area contributed by atoms with Crippen LogP contribution in [-0.2, 0) is 6.42 Å². The van der Waals surface area contributed by atoms with Crippen molar-refractivity contribution in [2.75, 3.05) is 29.9 Å². The van der Waals surface area contributed by atoms with E-state index in [9.17, 15) is 4.79 Å². The van der Waals surface area contributed by atoms with Gasteiger partial charge in [0, 0.05) is 43.3 Å². The van der Waals surface area contributed by atoms with Crippen molar-refractivity contribution in [3.63, 3.8) is 0 Å². The number of hydrogen-bond donors (Lipinski definition) is 1. The van der Waals surface area contributed by atoms with E-state index in [-0.39, 0.29) is 5.91 Å². The highest BCUT2D eigenvalue weighted by Gasteiger charge is 2.22. The lowest BCUT2D eigenvalue weighted by molar-refractivity contribution is 0.102. The zero-order valence-corrected chi connectivity index (χ0v) is 17.8. The Morgan fingerprint density at radius 2 is 1.81 bits per heavy atom. The van der Waals surface area contributed by atoms with E-state index in [1.54, 1.807) is 12.4 Å². The van der Waals surface area contributed by atoms with Gasteiger partial charge >= 0.3 is 0 Å². The summed E-state index contributed by atoms with van der Waals surface area (Å²) in [5.74, 6) is 2.10. The number of hydrogen-bond acceptors (Lipinski definition) is 5. The van der Waals surface area contributed by atoms with Crippen molar-refractivity contribution in [3.05, 3.63) is 78.2 Å². The number of pyridine rings is 2. The summed E-state index contributed by atoms with van der Waals surface area (Å²) in [6, 6.07) is 16.9. The zero-order chi connectivity index (χ0) is 21.5. The maximum Gasteiger partial charge on any atom is 0.259 e. The van der Waals surface area contributed by atoms with Crippen molar-refractivity contribution >= 4 is 17.4 Å². The molecule has 0 atom stereocenters. The van der Waals surface area contributed by atoms with E-state index >= 15 is 0 Å². The fourth-order valence-electron chi connectivity index (χ4n) is 3.70. The number of carbonyl (C=O) groups is 1. The third kappa shape index (κ3) is 5.60. The average molecular weight is 417 g/mol. The van der Waals surface area contributed by atoms with Crippen LogP contribution in [0, 0.1) is 5.92 Å². The van der Waals surface area contributed by atoms with Crippen molar-refractivity contribution < 1.29 is 9.53 Å². The second kappa shape index (κ2) is 10.1. The lowest BCUT2D eigenvalue weighted by atomic mass is 9.99. The zero-order valence-electron chi connectivity index (χ0n) is 17.8. The van der Waals surface area contributed by atoms with Crippen molar-refractivity contribution in [3.8, 4) is 5.75 Å². The predicted octanol–water partition coefficient (Wildman–Crippen LogP) is 4.59. The van der Waals surface area contributed by atoms with E-state index in [0.717, 1.165) is 61.2 Å². The second-order valence-electron chi connectivity index (χ2n) is 7.94. The molecule has 0 radical (unpaired) electrons. The lowest BCUT2D eigenvalue weighted by Crippen LogP contribution is -2.35. The highest BCUT2D eigenvalue weighted by atomic mass is 16.5. The number of aromatic nitrogens is 2. The van der Waals surface area contributed by atoms with E-state index in [1.165, 1.54) is 0 Å². The van der Waals surface area contributed by atoms with Gasteiger partial charge < -0.3 is 15.0 Å². The van der Waals surface area contributed by atoms with Gasteiger partial charge in [-0.05, 0) is 67.3 Å². The molecule has 0 bridgehead atoms. The second-order valence-corrected chi connectivity index (χ2v) is 7.94. The Morgan fingerprint density at radius 1 is 1.03 bits per heavy atom. The summed E-state index contributed by atoms with van der Waals surface area (Å²) in [4.78, 5) is 24.0. The first kappa shape index (κ1) is 20.8. The Morgan fingerprint density at radius 3 is 2.55 bits per heavy atom. The number of amides is 1. The van der Waals surface area contributed by atoms with Gasteiger partial charge in [-0.3, -0.25) is 9.78 Å². The van der Waals surface area contributed by atoms with E-state index in [1.807, 2.05) is 54.6 Å². The van der Waals surface area contributed by atoms with Crippen LogP contribution in [0.2, 0.25) is 0 Å². The van der Waals surface area contributed by atoms with Crippen molar-refractivity contribution in [2.45, 2.75) is 26.2 Å². The first-order chi connectivity index (χ1) is 15.2. The summed E-state index contributed by atoms with van der Waals surface area (Å²) in [5, 5.41) is 2.98. The molecule has 3 aromatic rings. The van der Waals surface area contributed by atoms with Gasteiger partial charge in [-0.2, -0.15) is 0 Å². The van der Waals surface area contributed by atoms with Crippen molar-refractivity contribution in [1.82, 2.24) is 9.97 Å². The van der Waals surface area contributed by atoms with Gasteiger partial charge in [-0.1, -0.05) is 13.0 Å². The molecular formula is C25H28N4O2. The minimum Gasteiger partial charge on any atom is -0.493 e. The number of nitrogens with zero attached hydrogens (tertiary/aromatic N) is 3. The van der Waals surface area contributed by atoms with Gasteiger partial charge in [0.15, 0.2) is 0 Å². The van der Waals surface area contributed by atoms with Crippen molar-refractivity contribution in [1.29, 1.82) is 0 Å². The van der Waals surface area contributed by atoms with Gasteiger partial charge in [-0.15, -0.1) is 0 Å². The Kier molecular flexibility index (Phi) is 6.77. The molecule has 1 amide bonds. The normalized spacial score (nSPS) is 14.3. The molecule has 0 unspecified atom stereocenters. The van der Waals surface area contributed by atoms with Crippen LogP contribution < -0.4 is 15.0 Å². The molecular weight excluding hydrogens is 388 g/mol. The van der Waals surface area contributed by atoms with Crippen LogP contribution in [0.3, 0.4) is 0 Å². The largest absolute Gasteiger partial charge is 0.493 e. The number of ether oxygens (including phenoxy) is 1. The lowest BCUT2D eigenvalue weighted by Gasteiger charge is -2.32. The summed E-state index contributed by atoms with van der Waals surface area (Å²) < 4.78 is 5.79. The van der Waals surface area contributed by atoms with Gasteiger partial charge in [0.2, 0.25) is 0 Å². The van der Waals surface area contributed by atoms with Crippen LogP contribution in [-0.4, -0.2) is 35.6 Å². The number of piperidine rings is 1. The molecule has 0 spiro atoms. The molecule has 3 heterocycles. The maximum atomic E-state index is 12.9. The molecule has 1 aliphatic rings. The number of anilines is 2. The molecule has 1 N–H and O–H groups in total. The molecule has 0 aliphatic carbocycles. The number of nitrogens with one attached hydrogen (secondary N) is 1. The predicted molar refractivity (Wildman–Crippen MR) is 123 cm³/mol. The molecule has 6 nitrogen and oxygen atoms in total. The molecule has 4 rings (SSSR count). The molecule has 0 saturated carbocycles. The first-order valence-electron chi connectivity index (χ1n) is 10.8. The molecule has 1 fully saturated rings. The van der Waals surface area contributed by atoms with E-state index in [4.69, 9.17) is 4.74 Å². The summed E-state index contributed by atoms with van der Waals surface area (Å²) in [6.45, 7) is 4.69. The molecule has 1 saturated heterocycles. The maximum absolute atomic E-state index is 12.9.